The number of ether oxygens (including phenoxy) is 4. The number of nitrogens with zero attached hydrogens (tertiary/aromatic N) is 10. The summed E-state index contributed by atoms with van der Waals surface area (Å²) in [5.41, 5.74) is 4.56. The van der Waals surface area contributed by atoms with Crippen LogP contribution in [0.4, 0.5) is 11.4 Å². The SMILES string of the molecule is O=S(=O)([O-])c1ccc(Cc2cccc3c4nc5nc(nc6[n-]c(nc7nc(nc([n-]4)c23)-c2cccc(Oc3ccc(S(=O)(=O)[O-])cc3)c2-7)c2cccc(Oc3cc[c-]cc3)c62)-c2cccc(Oc3cc[c-]cc3)c2-5)cc1.O=S(=O)=O.O=S(=O)=O.[C-]#[N+]c1cccc(Oc2ccc(S(=O)(=O)[O-])cc2)c1[N+]#[C-].[Cl][Cu][Cl].[Cu+2].[Na+].[Na+].[Na+].[Na+].[Na+]. The average Bonchev–Trinajstić information content (AvgIpc) is 1.59. The van der Waals surface area contributed by atoms with Crippen LogP contribution in [0, 0.1) is 25.3 Å². The van der Waals surface area contributed by atoms with Crippen LogP contribution in [0.25, 0.3) is 99.4 Å². The van der Waals surface area contributed by atoms with Crippen molar-refractivity contribution in [3.63, 3.8) is 0 Å². The van der Waals surface area contributed by atoms with Gasteiger partial charge in [-0.1, -0.05) is 78.9 Å². The van der Waals surface area contributed by atoms with Crippen LogP contribution in [0.5, 0.6) is 46.0 Å². The van der Waals surface area contributed by atoms with Gasteiger partial charge in [-0.15, -0.1) is 49.5 Å². The van der Waals surface area contributed by atoms with E-state index in [0.717, 1.165) is 43.0 Å². The van der Waals surface area contributed by atoms with Gasteiger partial charge in [0.2, 0.25) is 5.69 Å². The van der Waals surface area contributed by atoms with Crippen molar-refractivity contribution in [2.75, 3.05) is 0 Å². The summed E-state index contributed by atoms with van der Waals surface area (Å²) in [5, 5.41) is 2.24. The zero-order chi connectivity index (χ0) is 77.0. The van der Waals surface area contributed by atoms with Crippen LogP contribution in [0.3, 0.4) is 0 Å². The molecule has 2 aliphatic heterocycles. The van der Waals surface area contributed by atoms with Crippen LogP contribution in [0.2, 0.25) is 0 Å². The van der Waals surface area contributed by atoms with Gasteiger partial charge in [-0.05, 0) is 119 Å². The van der Waals surface area contributed by atoms with Gasteiger partial charge >= 0.3 is 219 Å². The Balaban J connectivity index is 0.000000516. The smallest absolute Gasteiger partial charge is 1.00 e. The van der Waals surface area contributed by atoms with Gasteiger partial charge in [-0.3, -0.25) is 0 Å². The van der Waals surface area contributed by atoms with Gasteiger partial charge in [0.15, 0.2) is 5.69 Å². The fourth-order valence-electron chi connectivity index (χ4n) is 10.8. The Morgan fingerprint density at radius 2 is 0.746 bits per heavy atom. The predicted octanol–water partition coefficient (Wildman–Crippen LogP) is -1.63. The molecule has 13 aromatic rings. The molecule has 0 saturated heterocycles. The zero-order valence-electron chi connectivity index (χ0n) is 59.0. The maximum absolute atomic E-state index is 11.9. The molecule has 10 aromatic carbocycles. The number of halogens is 2. The Kier molecular flexibility index (Phi) is 38.0. The Hall–Kier alpha value is -6.67. The van der Waals surface area contributed by atoms with Crippen LogP contribution >= 0.6 is 20.2 Å². The van der Waals surface area contributed by atoms with Crippen molar-refractivity contribution in [2.24, 2.45) is 0 Å². The van der Waals surface area contributed by atoms with E-state index in [4.69, 9.17) is 97.2 Å². The number of aromatic nitrogens is 8. The first-order chi connectivity index (χ1) is 51.7. The number of para-hydroxylation sites is 1. The van der Waals surface area contributed by atoms with Gasteiger partial charge in [0.05, 0.1) is 62.3 Å². The molecule has 2 aliphatic rings. The Morgan fingerprint density at radius 1 is 0.412 bits per heavy atom. The van der Waals surface area contributed by atoms with Crippen molar-refractivity contribution in [1.29, 1.82) is 0 Å². The van der Waals surface area contributed by atoms with Gasteiger partial charge in [0, 0.05) is 50.6 Å². The number of hydrogen-bond acceptors (Lipinski definition) is 25. The van der Waals surface area contributed by atoms with Crippen molar-refractivity contribution in [2.45, 2.75) is 21.1 Å². The van der Waals surface area contributed by atoms with Crippen molar-refractivity contribution >= 4 is 127 Å². The fraction of sp³-hybridized carbons (Fsp3) is 0.0141. The number of fused-ring (bicyclic) bond motifs is 20. The van der Waals surface area contributed by atoms with Crippen LogP contribution < -0.4 is 177 Å². The van der Waals surface area contributed by atoms with Crippen LogP contribution in [-0.2, 0) is 88.2 Å². The summed E-state index contributed by atoms with van der Waals surface area (Å²) in [7, 11) is -10.8. The van der Waals surface area contributed by atoms with E-state index in [-0.39, 0.29) is 261 Å². The molecule has 0 atom stereocenters. The van der Waals surface area contributed by atoms with Crippen molar-refractivity contribution in [3.8, 4) is 91.5 Å². The molecule has 0 spiro atoms. The third-order valence-corrected chi connectivity index (χ3v) is 17.7. The molecule has 0 aliphatic carbocycles. The van der Waals surface area contributed by atoms with Crippen LogP contribution in [0.1, 0.15) is 11.1 Å². The van der Waals surface area contributed by atoms with Crippen molar-refractivity contribution in [3.05, 3.63) is 258 Å². The van der Waals surface area contributed by atoms with E-state index in [1.54, 1.807) is 91.0 Å². The van der Waals surface area contributed by atoms with E-state index < -0.39 is 56.5 Å². The summed E-state index contributed by atoms with van der Waals surface area (Å²) >= 11 is 0.757. The van der Waals surface area contributed by atoms with E-state index in [1.807, 2.05) is 48.5 Å². The Bertz CT molecular complexity index is 6550. The molecule has 8 bridgehead atoms. The minimum absolute atomic E-state index is 0. The third kappa shape index (κ3) is 24.7. The molecule has 0 saturated carbocycles. The standard InChI is InChI=1S/C57H32N8O9S2.C14H8N2O4S.2ClH.2Cu.5Na.2O3S/c66-75(67,68)37-27-23-32(24-28-37)31-33-11-7-16-39-46(33)54-58-50(39)60-55-47-41(18-8-20-43(47)72-34-12-3-1-4-13-34)52(62-55)63-56-48-42(19-9-21-44(48)73-35-14-5-2-6-15-35)53(64-56)65-57-49-40(51(59-54)61-57)17-10-22-45(49)74-36-25-29-38(30-26-36)76(69,70)71;1-15-12-4-3-5-13(14(12)16-2)20-10-6-8-11(9-7-10)21(17,18)19;;;;;;;;;;2*1-4(2)3/h3-30H,31H2,(H2-2,58,59,60,61,62,63,64,65,66,67,68,69,70,71);3-9H,(H,17,18,19);2*1H;;;;;;;;;/q-4;;;;2*+2;5*+1;;/p-5. The van der Waals surface area contributed by atoms with E-state index in [9.17, 15) is 38.9 Å². The first kappa shape index (κ1) is 97.9. The zero-order valence-corrected chi connectivity index (χ0v) is 76.5. The molecule has 29 nitrogen and oxygen atoms in total. The van der Waals surface area contributed by atoms with Crippen LogP contribution in [-0.4, -0.2) is 94.1 Å². The molecule has 0 amide bonds. The second-order valence-electron chi connectivity index (χ2n) is 21.7. The molecular formula is C71H37Cl2Cu2N10Na5O19S5. The summed E-state index contributed by atoms with van der Waals surface area (Å²) in [5.74, 6) is 3.66. The first-order valence-electron chi connectivity index (χ1n) is 30.0. The second-order valence-corrected chi connectivity index (χ2v) is 28.2. The quantitative estimate of drug-likeness (QED) is 0.0711. The first-order valence-corrected chi connectivity index (χ1v) is 38.8. The maximum atomic E-state index is 11.9. The van der Waals surface area contributed by atoms with E-state index in [0.29, 0.717) is 72.4 Å². The van der Waals surface area contributed by atoms with E-state index in [1.165, 1.54) is 48.5 Å². The Morgan fingerprint density at radius 3 is 1.16 bits per heavy atom. The third-order valence-electron chi connectivity index (χ3n) is 15.1. The summed E-state index contributed by atoms with van der Waals surface area (Å²) < 4.78 is 179. The normalized spacial score (nSPS) is 10.6. The van der Waals surface area contributed by atoms with E-state index in [2.05, 4.69) is 42.0 Å². The van der Waals surface area contributed by atoms with Gasteiger partial charge in [-0.25, -0.2) is 44.9 Å². The van der Waals surface area contributed by atoms with Crippen LogP contribution in [0.15, 0.2) is 227 Å². The minimum Gasteiger partial charge on any atom is 1.00 e. The van der Waals surface area contributed by atoms with Crippen molar-refractivity contribution in [1.82, 2.24) is 39.9 Å². The molecular weight excluding hydrogens is 1770 g/mol. The molecule has 114 heavy (non-hydrogen) atoms. The Labute approximate surface area is 788 Å². The predicted molar refractivity (Wildman–Crippen MR) is 381 cm³/mol. The summed E-state index contributed by atoms with van der Waals surface area (Å²) in [6, 6.07) is 62.2. The molecule has 15 rings (SSSR count). The number of hydrogen-bond donors (Lipinski definition) is 0. The molecule has 0 unspecified atom stereocenters. The molecule has 1 radical (unpaired) electrons. The average molecular weight is 1810 g/mol. The number of rotatable bonds is 13. The minimum atomic E-state index is -4.74. The molecule has 5 heterocycles. The van der Waals surface area contributed by atoms with Gasteiger partial charge in [0.1, 0.15) is 64.9 Å². The van der Waals surface area contributed by atoms with Gasteiger partial charge in [0.25, 0.3) is 0 Å². The monoisotopic (exact) mass is 1800 g/mol. The molecule has 0 N–H and O–H groups in total. The van der Waals surface area contributed by atoms with Crippen molar-refractivity contribution < 1.29 is 261 Å². The second kappa shape index (κ2) is 44.2. The topological polar surface area (TPSA) is 425 Å². The molecule has 3 aromatic heterocycles. The maximum Gasteiger partial charge on any atom is 2.00 e. The molecule has 0 fully saturated rings. The summed E-state index contributed by atoms with van der Waals surface area (Å²) in [4.78, 5) is 46.4. The van der Waals surface area contributed by atoms with Gasteiger partial charge < -0.3 is 62.5 Å². The molecule has 43 heteroatoms. The van der Waals surface area contributed by atoms with E-state index >= 15 is 0 Å². The summed E-state index contributed by atoms with van der Waals surface area (Å²) in [6.07, 6.45) is 0.268. The number of benzene rings is 10. The summed E-state index contributed by atoms with van der Waals surface area (Å²) in [6.45, 7) is 14.1. The molecule has 556 valence electrons. The van der Waals surface area contributed by atoms with Gasteiger partial charge in [-0.2, -0.15) is 36.4 Å². The fourth-order valence-corrected chi connectivity index (χ4v) is 12.2. The largest absolute Gasteiger partial charge is 2.00 e.